The summed E-state index contributed by atoms with van der Waals surface area (Å²) in [6.45, 7) is 5.63. The molecule has 1 aromatic carbocycles. The Kier molecular flexibility index (Phi) is 4.83. The van der Waals surface area contributed by atoms with Crippen molar-refractivity contribution in [1.29, 1.82) is 0 Å². The number of aromatic nitrogens is 1. The van der Waals surface area contributed by atoms with E-state index in [0.717, 1.165) is 24.3 Å². The van der Waals surface area contributed by atoms with Gasteiger partial charge in [0.2, 0.25) is 0 Å². The molecule has 28 heavy (non-hydrogen) atoms. The molecule has 4 rings (SSSR count). The summed E-state index contributed by atoms with van der Waals surface area (Å²) in [7, 11) is 0. The summed E-state index contributed by atoms with van der Waals surface area (Å²) in [5, 5.41) is 3.58. The summed E-state index contributed by atoms with van der Waals surface area (Å²) in [5.74, 6) is 0.582. The third-order valence-corrected chi connectivity index (χ3v) is 4.63. The summed E-state index contributed by atoms with van der Waals surface area (Å²) in [6.07, 6.45) is 1.87. The van der Waals surface area contributed by atoms with Crippen molar-refractivity contribution in [3.63, 3.8) is 0 Å². The Balaban J connectivity index is 1.48. The smallest absolute Gasteiger partial charge is 0.336 e. The van der Waals surface area contributed by atoms with E-state index in [1.165, 1.54) is 6.07 Å². The lowest BCUT2D eigenvalue weighted by Gasteiger charge is -2.36. The standard InChI is InChI=1S/C21H21N3O4/c1-13-11-24(12-14(2)27-13)19-7-3-16(10-22-19)21(26)23-17-5-6-18-15(9-17)4-8-20(25)28-18/h3-10,13-14H,11-12H2,1-2H3,(H,23,26)/t13-,14-/m1/s1. The number of ether oxygens (including phenoxy) is 1. The largest absolute Gasteiger partial charge is 0.423 e. The highest BCUT2D eigenvalue weighted by molar-refractivity contribution is 6.04. The molecule has 3 heterocycles. The number of anilines is 2. The molecular formula is C21H21N3O4. The predicted molar refractivity (Wildman–Crippen MR) is 107 cm³/mol. The van der Waals surface area contributed by atoms with Crippen molar-refractivity contribution in [3.05, 3.63) is 64.6 Å². The molecule has 1 saturated heterocycles. The monoisotopic (exact) mass is 379 g/mol. The molecule has 0 aliphatic carbocycles. The van der Waals surface area contributed by atoms with Crippen molar-refractivity contribution in [2.45, 2.75) is 26.1 Å². The maximum absolute atomic E-state index is 12.5. The van der Waals surface area contributed by atoms with Crippen LogP contribution in [0.5, 0.6) is 0 Å². The van der Waals surface area contributed by atoms with Crippen LogP contribution in [0.1, 0.15) is 24.2 Å². The average Bonchev–Trinajstić information content (AvgIpc) is 2.67. The van der Waals surface area contributed by atoms with Gasteiger partial charge >= 0.3 is 5.63 Å². The first kappa shape index (κ1) is 18.2. The summed E-state index contributed by atoms with van der Waals surface area (Å²) >= 11 is 0. The van der Waals surface area contributed by atoms with Gasteiger partial charge in [-0.05, 0) is 50.2 Å². The van der Waals surface area contributed by atoms with Crippen LogP contribution in [0.2, 0.25) is 0 Å². The molecule has 144 valence electrons. The van der Waals surface area contributed by atoms with Crippen molar-refractivity contribution < 1.29 is 13.9 Å². The van der Waals surface area contributed by atoms with Crippen molar-refractivity contribution in [2.24, 2.45) is 0 Å². The van der Waals surface area contributed by atoms with Crippen LogP contribution in [0.3, 0.4) is 0 Å². The average molecular weight is 379 g/mol. The molecule has 2 atom stereocenters. The van der Waals surface area contributed by atoms with E-state index in [9.17, 15) is 9.59 Å². The molecule has 0 spiro atoms. The quantitative estimate of drug-likeness (QED) is 0.704. The lowest BCUT2D eigenvalue weighted by atomic mass is 10.2. The van der Waals surface area contributed by atoms with Gasteiger partial charge in [-0.1, -0.05) is 0 Å². The highest BCUT2D eigenvalue weighted by Crippen LogP contribution is 2.20. The van der Waals surface area contributed by atoms with Crippen LogP contribution in [0.15, 0.2) is 57.9 Å². The lowest BCUT2D eigenvalue weighted by molar-refractivity contribution is -0.00546. The first-order valence-electron chi connectivity index (χ1n) is 9.20. The molecule has 7 heteroatoms. The van der Waals surface area contributed by atoms with Crippen molar-refractivity contribution in [2.75, 3.05) is 23.3 Å². The van der Waals surface area contributed by atoms with Gasteiger partial charge in [0.25, 0.3) is 5.91 Å². The fraction of sp³-hybridized carbons (Fsp3) is 0.286. The fourth-order valence-electron chi connectivity index (χ4n) is 3.43. The maximum atomic E-state index is 12.5. The Labute approximate surface area is 161 Å². The molecule has 0 saturated carbocycles. The molecule has 3 aromatic rings. The van der Waals surface area contributed by atoms with Gasteiger partial charge in [0, 0.05) is 36.4 Å². The van der Waals surface area contributed by atoms with Gasteiger partial charge in [0.15, 0.2) is 0 Å². The third-order valence-electron chi connectivity index (χ3n) is 4.63. The van der Waals surface area contributed by atoms with Crippen molar-refractivity contribution in [1.82, 2.24) is 4.98 Å². The number of fused-ring (bicyclic) bond motifs is 1. The van der Waals surface area contributed by atoms with E-state index in [2.05, 4.69) is 15.2 Å². The molecule has 2 aromatic heterocycles. The molecule has 0 unspecified atom stereocenters. The number of pyridine rings is 1. The van der Waals surface area contributed by atoms with Crippen LogP contribution in [-0.2, 0) is 4.74 Å². The van der Waals surface area contributed by atoms with Crippen LogP contribution in [0, 0.1) is 0 Å². The third kappa shape index (κ3) is 3.89. The van der Waals surface area contributed by atoms with Crippen molar-refractivity contribution in [3.8, 4) is 0 Å². The second-order valence-corrected chi connectivity index (χ2v) is 7.03. The second kappa shape index (κ2) is 7.44. The van der Waals surface area contributed by atoms with E-state index >= 15 is 0 Å². The van der Waals surface area contributed by atoms with Crippen LogP contribution in [-0.4, -0.2) is 36.2 Å². The number of benzene rings is 1. The van der Waals surface area contributed by atoms with Gasteiger partial charge in [0.05, 0.1) is 17.8 Å². The normalized spacial score (nSPS) is 19.6. The molecule has 1 aliphatic rings. The second-order valence-electron chi connectivity index (χ2n) is 7.03. The van der Waals surface area contributed by atoms with Gasteiger partial charge in [-0.15, -0.1) is 0 Å². The highest BCUT2D eigenvalue weighted by Gasteiger charge is 2.23. The highest BCUT2D eigenvalue weighted by atomic mass is 16.5. The van der Waals surface area contributed by atoms with Gasteiger partial charge in [-0.2, -0.15) is 0 Å². The Bertz CT molecular complexity index is 1050. The van der Waals surface area contributed by atoms with E-state index in [1.807, 2.05) is 19.9 Å². The first-order chi connectivity index (χ1) is 13.5. The predicted octanol–water partition coefficient (Wildman–Crippen LogP) is 3.05. The van der Waals surface area contributed by atoms with Crippen molar-refractivity contribution >= 4 is 28.4 Å². The Morgan fingerprint density at radius 3 is 2.61 bits per heavy atom. The van der Waals surface area contributed by atoms with Crippen LogP contribution >= 0.6 is 0 Å². The van der Waals surface area contributed by atoms with Crippen LogP contribution in [0.25, 0.3) is 11.0 Å². The summed E-state index contributed by atoms with van der Waals surface area (Å²) < 4.78 is 10.8. The molecule has 7 nitrogen and oxygen atoms in total. The number of hydrogen-bond acceptors (Lipinski definition) is 6. The van der Waals surface area contributed by atoms with E-state index in [1.54, 1.807) is 36.5 Å². The molecule has 1 fully saturated rings. The van der Waals surface area contributed by atoms with Crippen LogP contribution in [0.4, 0.5) is 11.5 Å². The minimum Gasteiger partial charge on any atom is -0.423 e. The Morgan fingerprint density at radius 1 is 1.11 bits per heavy atom. The molecule has 1 amide bonds. The molecular weight excluding hydrogens is 358 g/mol. The zero-order chi connectivity index (χ0) is 19.7. The fourth-order valence-corrected chi connectivity index (χ4v) is 3.43. The molecule has 1 aliphatic heterocycles. The van der Waals surface area contributed by atoms with Gasteiger partial charge in [0.1, 0.15) is 11.4 Å². The summed E-state index contributed by atoms with van der Waals surface area (Å²) in [6, 6.07) is 11.8. The maximum Gasteiger partial charge on any atom is 0.336 e. The van der Waals surface area contributed by atoms with E-state index < -0.39 is 5.63 Å². The molecule has 1 N–H and O–H groups in total. The number of nitrogens with zero attached hydrogens (tertiary/aromatic N) is 2. The summed E-state index contributed by atoms with van der Waals surface area (Å²) in [5.41, 5.74) is 1.16. The number of amides is 1. The Hall–Kier alpha value is -3.19. The topological polar surface area (TPSA) is 84.7 Å². The minimum atomic E-state index is -0.403. The van der Waals surface area contributed by atoms with Gasteiger partial charge in [-0.3, -0.25) is 4.79 Å². The Morgan fingerprint density at radius 2 is 1.89 bits per heavy atom. The van der Waals surface area contributed by atoms with Crippen LogP contribution < -0.4 is 15.8 Å². The number of rotatable bonds is 3. The first-order valence-corrected chi connectivity index (χ1v) is 9.20. The number of hydrogen-bond donors (Lipinski definition) is 1. The zero-order valence-electron chi connectivity index (χ0n) is 15.7. The van der Waals surface area contributed by atoms with Gasteiger partial charge in [-0.25, -0.2) is 9.78 Å². The number of carbonyl (C=O) groups excluding carboxylic acids is 1. The van der Waals surface area contributed by atoms with Gasteiger partial charge < -0.3 is 19.4 Å². The number of carbonyl (C=O) groups is 1. The number of nitrogens with one attached hydrogen (secondary N) is 1. The molecule has 0 bridgehead atoms. The zero-order valence-corrected chi connectivity index (χ0v) is 15.7. The lowest BCUT2D eigenvalue weighted by Crippen LogP contribution is -2.45. The number of morpholine rings is 1. The minimum absolute atomic E-state index is 0.144. The van der Waals surface area contributed by atoms with E-state index in [-0.39, 0.29) is 18.1 Å². The molecule has 0 radical (unpaired) electrons. The summed E-state index contributed by atoms with van der Waals surface area (Å²) in [4.78, 5) is 30.4. The van der Waals surface area contributed by atoms with E-state index in [0.29, 0.717) is 16.8 Å². The van der Waals surface area contributed by atoms with E-state index in [4.69, 9.17) is 9.15 Å². The SMILES string of the molecule is C[C@@H]1CN(c2ccc(C(=O)Nc3ccc4oc(=O)ccc4c3)cn2)C[C@@H](C)O1.